The SMILES string of the molecule is Cc1c(C(=O)N2CCN(CC(=O)NC3CC3)CC2)oc2ccc(F)cc12. The van der Waals surface area contributed by atoms with Crippen LogP contribution in [0.25, 0.3) is 11.0 Å². The first-order valence-electron chi connectivity index (χ1n) is 9.01. The number of benzene rings is 1. The van der Waals surface area contributed by atoms with E-state index >= 15 is 0 Å². The number of fused-ring (bicyclic) bond motifs is 1. The van der Waals surface area contributed by atoms with Crippen molar-refractivity contribution < 1.29 is 18.4 Å². The van der Waals surface area contributed by atoms with E-state index in [1.807, 2.05) is 0 Å². The normalized spacial score (nSPS) is 18.3. The number of hydrogen-bond donors (Lipinski definition) is 1. The standard InChI is InChI=1S/C19H22FN3O3/c1-12-15-10-13(20)2-5-16(15)26-18(12)19(25)23-8-6-22(7-9-23)11-17(24)21-14-3-4-14/h2,5,10,14H,3-4,6-9,11H2,1H3,(H,21,24). The Morgan fingerprint density at radius 2 is 1.96 bits per heavy atom. The molecule has 1 aliphatic heterocycles. The summed E-state index contributed by atoms with van der Waals surface area (Å²) in [5, 5.41) is 3.61. The second kappa shape index (κ2) is 6.72. The Bertz CT molecular complexity index is 851. The Morgan fingerprint density at radius 3 is 2.65 bits per heavy atom. The van der Waals surface area contributed by atoms with Crippen molar-refractivity contribution in [1.82, 2.24) is 15.1 Å². The smallest absolute Gasteiger partial charge is 0.289 e. The quantitative estimate of drug-likeness (QED) is 0.906. The average molecular weight is 359 g/mol. The van der Waals surface area contributed by atoms with Gasteiger partial charge in [-0.2, -0.15) is 0 Å². The summed E-state index contributed by atoms with van der Waals surface area (Å²) in [5.74, 6) is -0.201. The molecule has 2 fully saturated rings. The van der Waals surface area contributed by atoms with Gasteiger partial charge in [-0.1, -0.05) is 0 Å². The van der Waals surface area contributed by atoms with Gasteiger partial charge in [0.15, 0.2) is 5.76 Å². The summed E-state index contributed by atoms with van der Waals surface area (Å²) in [6.45, 7) is 4.54. The van der Waals surface area contributed by atoms with Gasteiger partial charge in [0.2, 0.25) is 5.91 Å². The average Bonchev–Trinajstić information content (AvgIpc) is 3.38. The molecule has 0 unspecified atom stereocenters. The number of aryl methyl sites for hydroxylation is 1. The molecule has 2 heterocycles. The molecule has 0 radical (unpaired) electrons. The predicted molar refractivity (Wildman–Crippen MR) is 94.4 cm³/mol. The van der Waals surface area contributed by atoms with Crippen molar-refractivity contribution in [2.75, 3.05) is 32.7 Å². The van der Waals surface area contributed by atoms with Gasteiger partial charge in [0.05, 0.1) is 6.54 Å². The maximum Gasteiger partial charge on any atom is 0.289 e. The van der Waals surface area contributed by atoms with Gasteiger partial charge < -0.3 is 14.6 Å². The van der Waals surface area contributed by atoms with Crippen molar-refractivity contribution in [3.05, 3.63) is 35.3 Å². The largest absolute Gasteiger partial charge is 0.451 e. The zero-order valence-electron chi connectivity index (χ0n) is 14.8. The molecule has 2 aliphatic rings. The van der Waals surface area contributed by atoms with Gasteiger partial charge in [-0.25, -0.2) is 4.39 Å². The third kappa shape index (κ3) is 3.44. The second-order valence-electron chi connectivity index (χ2n) is 7.11. The second-order valence-corrected chi connectivity index (χ2v) is 7.11. The van der Waals surface area contributed by atoms with Gasteiger partial charge >= 0.3 is 0 Å². The topological polar surface area (TPSA) is 65.8 Å². The molecule has 2 amide bonds. The summed E-state index contributed by atoms with van der Waals surface area (Å²) >= 11 is 0. The lowest BCUT2D eigenvalue weighted by Gasteiger charge is -2.34. The van der Waals surface area contributed by atoms with Crippen LogP contribution in [0.4, 0.5) is 4.39 Å². The monoisotopic (exact) mass is 359 g/mol. The van der Waals surface area contributed by atoms with Crippen LogP contribution < -0.4 is 5.32 Å². The third-order valence-electron chi connectivity index (χ3n) is 5.06. The maximum atomic E-state index is 13.4. The highest BCUT2D eigenvalue weighted by Gasteiger charge is 2.28. The van der Waals surface area contributed by atoms with E-state index in [1.54, 1.807) is 17.9 Å². The Balaban J connectivity index is 1.39. The zero-order chi connectivity index (χ0) is 18.3. The van der Waals surface area contributed by atoms with Crippen molar-refractivity contribution in [3.63, 3.8) is 0 Å². The minimum atomic E-state index is -0.349. The summed E-state index contributed by atoms with van der Waals surface area (Å²) in [6.07, 6.45) is 2.16. The Morgan fingerprint density at radius 1 is 1.23 bits per heavy atom. The van der Waals surface area contributed by atoms with E-state index in [1.165, 1.54) is 12.1 Å². The molecule has 7 heteroatoms. The summed E-state index contributed by atoms with van der Waals surface area (Å²) in [5.41, 5.74) is 1.18. The molecule has 26 heavy (non-hydrogen) atoms. The van der Waals surface area contributed by atoms with Gasteiger partial charge in [0.1, 0.15) is 11.4 Å². The first-order chi connectivity index (χ1) is 12.5. The van der Waals surface area contributed by atoms with E-state index in [0.29, 0.717) is 55.3 Å². The van der Waals surface area contributed by atoms with Gasteiger partial charge in [0.25, 0.3) is 5.91 Å². The third-order valence-corrected chi connectivity index (χ3v) is 5.06. The Labute approximate surface area is 150 Å². The number of hydrogen-bond acceptors (Lipinski definition) is 4. The number of piperazine rings is 1. The van der Waals surface area contributed by atoms with Crippen LogP contribution in [-0.2, 0) is 4.79 Å². The highest BCUT2D eigenvalue weighted by Crippen LogP contribution is 2.27. The van der Waals surface area contributed by atoms with Crippen LogP contribution in [0, 0.1) is 12.7 Å². The van der Waals surface area contributed by atoms with Crippen LogP contribution in [0.2, 0.25) is 0 Å². The molecule has 2 aromatic rings. The van der Waals surface area contributed by atoms with Gasteiger partial charge in [-0.05, 0) is 38.0 Å². The van der Waals surface area contributed by atoms with Crippen LogP contribution >= 0.6 is 0 Å². The fraction of sp³-hybridized carbons (Fsp3) is 0.474. The number of rotatable bonds is 4. The van der Waals surface area contributed by atoms with E-state index in [9.17, 15) is 14.0 Å². The first-order valence-corrected chi connectivity index (χ1v) is 9.01. The van der Waals surface area contributed by atoms with Crippen LogP contribution in [0.15, 0.2) is 22.6 Å². The van der Waals surface area contributed by atoms with Crippen molar-refractivity contribution in [1.29, 1.82) is 0 Å². The fourth-order valence-corrected chi connectivity index (χ4v) is 3.35. The van der Waals surface area contributed by atoms with E-state index in [-0.39, 0.29) is 23.4 Å². The molecule has 0 bridgehead atoms. The Kier molecular flexibility index (Phi) is 4.40. The van der Waals surface area contributed by atoms with Crippen molar-refractivity contribution in [3.8, 4) is 0 Å². The molecular weight excluding hydrogens is 337 g/mol. The van der Waals surface area contributed by atoms with Crippen molar-refractivity contribution >= 4 is 22.8 Å². The molecular formula is C19H22FN3O3. The lowest BCUT2D eigenvalue weighted by Crippen LogP contribution is -2.51. The first kappa shape index (κ1) is 17.0. The van der Waals surface area contributed by atoms with E-state index in [4.69, 9.17) is 4.42 Å². The van der Waals surface area contributed by atoms with Crippen molar-refractivity contribution in [2.24, 2.45) is 0 Å². The summed E-state index contributed by atoms with van der Waals surface area (Å²) in [4.78, 5) is 28.5. The molecule has 0 spiro atoms. The molecule has 1 saturated carbocycles. The predicted octanol–water partition coefficient (Wildman–Crippen LogP) is 1.92. The van der Waals surface area contributed by atoms with Crippen molar-refractivity contribution in [2.45, 2.75) is 25.8 Å². The number of amides is 2. The molecule has 4 rings (SSSR count). The maximum absolute atomic E-state index is 13.4. The number of carbonyl (C=O) groups is 2. The molecule has 138 valence electrons. The zero-order valence-corrected chi connectivity index (χ0v) is 14.8. The number of halogens is 1. The van der Waals surface area contributed by atoms with Gasteiger partial charge in [-0.15, -0.1) is 0 Å². The molecule has 1 aromatic heterocycles. The molecule has 1 saturated heterocycles. The van der Waals surface area contributed by atoms with Crippen LogP contribution in [0.3, 0.4) is 0 Å². The van der Waals surface area contributed by atoms with Crippen LogP contribution in [-0.4, -0.2) is 60.4 Å². The summed E-state index contributed by atoms with van der Waals surface area (Å²) in [6, 6.07) is 4.63. The molecule has 1 aliphatic carbocycles. The van der Waals surface area contributed by atoms with E-state index < -0.39 is 0 Å². The Hall–Kier alpha value is -2.41. The highest BCUT2D eigenvalue weighted by atomic mass is 19.1. The lowest BCUT2D eigenvalue weighted by atomic mass is 10.1. The number of nitrogens with zero attached hydrogens (tertiary/aromatic N) is 2. The number of nitrogens with one attached hydrogen (secondary N) is 1. The molecule has 1 N–H and O–H groups in total. The lowest BCUT2D eigenvalue weighted by molar-refractivity contribution is -0.122. The summed E-state index contributed by atoms with van der Waals surface area (Å²) in [7, 11) is 0. The van der Waals surface area contributed by atoms with Crippen LogP contribution in [0.1, 0.15) is 29.0 Å². The summed E-state index contributed by atoms with van der Waals surface area (Å²) < 4.78 is 19.1. The number of carbonyl (C=O) groups excluding carboxylic acids is 2. The van der Waals surface area contributed by atoms with Gasteiger partial charge in [-0.3, -0.25) is 14.5 Å². The van der Waals surface area contributed by atoms with E-state index in [0.717, 1.165) is 12.8 Å². The number of furan rings is 1. The minimum absolute atomic E-state index is 0.0578. The van der Waals surface area contributed by atoms with Gasteiger partial charge in [0, 0.05) is 43.2 Å². The minimum Gasteiger partial charge on any atom is -0.451 e. The molecule has 0 atom stereocenters. The molecule has 1 aromatic carbocycles. The van der Waals surface area contributed by atoms with Crippen LogP contribution in [0.5, 0.6) is 0 Å². The molecule has 6 nitrogen and oxygen atoms in total. The van der Waals surface area contributed by atoms with E-state index in [2.05, 4.69) is 10.2 Å². The fourth-order valence-electron chi connectivity index (χ4n) is 3.35. The highest BCUT2D eigenvalue weighted by molar-refractivity contribution is 5.99.